The average Bonchev–Trinajstić information content (AvgIpc) is 3.06. The van der Waals surface area contributed by atoms with Crippen LogP contribution in [0.2, 0.25) is 0 Å². The van der Waals surface area contributed by atoms with E-state index in [4.69, 9.17) is 0 Å². The number of nitrogens with one attached hydrogen (secondary N) is 2. The van der Waals surface area contributed by atoms with Crippen molar-refractivity contribution >= 4 is 5.91 Å². The van der Waals surface area contributed by atoms with Gasteiger partial charge in [0.15, 0.2) is 0 Å². The molecule has 0 unspecified atom stereocenters. The fourth-order valence-electron chi connectivity index (χ4n) is 2.60. The van der Waals surface area contributed by atoms with Crippen LogP contribution in [0.25, 0.3) is 0 Å². The first-order valence-corrected chi connectivity index (χ1v) is 7.27. The first-order valence-electron chi connectivity index (χ1n) is 7.27. The lowest BCUT2D eigenvalue weighted by atomic mass is 9.90. The van der Waals surface area contributed by atoms with Crippen molar-refractivity contribution in [3.05, 3.63) is 18.0 Å². The molecule has 0 aromatic carbocycles. The van der Waals surface area contributed by atoms with Crippen LogP contribution in [0, 0.1) is 5.92 Å². The molecule has 1 aliphatic heterocycles. The molecule has 1 aromatic rings. The molecule has 112 valence electrons. The van der Waals surface area contributed by atoms with E-state index >= 15 is 0 Å². The molecule has 0 saturated carbocycles. The third-order valence-electron chi connectivity index (χ3n) is 4.04. The number of carbonyl (C=O) groups is 1. The molecule has 2 rings (SSSR count). The smallest absolute Gasteiger partial charge is 0.225 e. The third-order valence-corrected chi connectivity index (χ3v) is 4.04. The molecule has 2 heterocycles. The largest absolute Gasteiger partial charge is 0.355 e. The molecule has 0 bridgehead atoms. The van der Waals surface area contributed by atoms with Crippen molar-refractivity contribution in [3.63, 3.8) is 0 Å². The number of hydrogen-bond donors (Lipinski definition) is 2. The number of hydrogen-bond acceptors (Lipinski definition) is 4. The van der Waals surface area contributed by atoms with Gasteiger partial charge in [0.05, 0.1) is 12.1 Å². The molecule has 0 aliphatic carbocycles. The maximum absolute atomic E-state index is 12.3. The van der Waals surface area contributed by atoms with Gasteiger partial charge in [0, 0.05) is 45.3 Å². The minimum atomic E-state index is 0.00568. The van der Waals surface area contributed by atoms with E-state index in [1.165, 1.54) is 0 Å². The van der Waals surface area contributed by atoms with E-state index in [2.05, 4.69) is 34.6 Å². The quantitative estimate of drug-likeness (QED) is 0.756. The number of aryl methyl sites for hydroxylation is 1. The lowest BCUT2D eigenvalue weighted by Crippen LogP contribution is -2.38. The summed E-state index contributed by atoms with van der Waals surface area (Å²) in [5.41, 5.74) is 1.14. The number of nitrogens with zero attached hydrogens (tertiary/aromatic N) is 3. The second-order valence-electron chi connectivity index (χ2n) is 5.51. The molecule has 1 amide bonds. The molecule has 1 aromatic heterocycles. The van der Waals surface area contributed by atoms with Crippen LogP contribution in [0.3, 0.4) is 0 Å². The van der Waals surface area contributed by atoms with Gasteiger partial charge in [-0.1, -0.05) is 6.92 Å². The van der Waals surface area contributed by atoms with Gasteiger partial charge in [-0.15, -0.1) is 0 Å². The SMILES string of the molecule is CCN(C)CCNC(=O)[C@H]1CNC[C@@H]1c1cnn(C)c1. The maximum atomic E-state index is 12.3. The lowest BCUT2D eigenvalue weighted by molar-refractivity contribution is -0.124. The molecule has 6 nitrogen and oxygen atoms in total. The highest BCUT2D eigenvalue weighted by atomic mass is 16.1. The Hall–Kier alpha value is -1.40. The van der Waals surface area contributed by atoms with Crippen molar-refractivity contribution in [2.45, 2.75) is 12.8 Å². The van der Waals surface area contributed by atoms with Crippen LogP contribution in [0.5, 0.6) is 0 Å². The average molecular weight is 279 g/mol. The molecular formula is C14H25N5O. The number of aromatic nitrogens is 2. The number of amides is 1. The zero-order chi connectivity index (χ0) is 14.5. The van der Waals surface area contributed by atoms with E-state index in [9.17, 15) is 4.79 Å². The monoisotopic (exact) mass is 279 g/mol. The van der Waals surface area contributed by atoms with E-state index in [-0.39, 0.29) is 17.7 Å². The molecule has 2 atom stereocenters. The molecule has 2 N–H and O–H groups in total. The summed E-state index contributed by atoms with van der Waals surface area (Å²) < 4.78 is 1.79. The van der Waals surface area contributed by atoms with E-state index in [1.807, 2.05) is 19.4 Å². The molecule has 1 fully saturated rings. The maximum Gasteiger partial charge on any atom is 0.225 e. The highest BCUT2D eigenvalue weighted by Crippen LogP contribution is 2.27. The van der Waals surface area contributed by atoms with E-state index in [1.54, 1.807) is 4.68 Å². The summed E-state index contributed by atoms with van der Waals surface area (Å²) >= 11 is 0. The highest BCUT2D eigenvalue weighted by Gasteiger charge is 2.34. The summed E-state index contributed by atoms with van der Waals surface area (Å²) in [4.78, 5) is 14.5. The van der Waals surface area contributed by atoms with Crippen LogP contribution in [0.4, 0.5) is 0 Å². The van der Waals surface area contributed by atoms with Crippen LogP contribution < -0.4 is 10.6 Å². The van der Waals surface area contributed by atoms with Gasteiger partial charge >= 0.3 is 0 Å². The Morgan fingerprint density at radius 2 is 2.40 bits per heavy atom. The van der Waals surface area contributed by atoms with E-state index in [0.717, 1.165) is 31.7 Å². The summed E-state index contributed by atoms with van der Waals surface area (Å²) in [7, 11) is 3.96. The molecule has 0 spiro atoms. The standard InChI is InChI=1S/C14H25N5O/c1-4-18(2)6-5-16-14(20)13-9-15-8-12(13)11-7-17-19(3)10-11/h7,10,12-13,15H,4-6,8-9H2,1-3H3,(H,16,20)/t12-,13+/m1/s1. The Kier molecular flexibility index (Phi) is 5.14. The van der Waals surface area contributed by atoms with Crippen molar-refractivity contribution in [2.24, 2.45) is 13.0 Å². The zero-order valence-corrected chi connectivity index (χ0v) is 12.6. The normalized spacial score (nSPS) is 22.4. The van der Waals surface area contributed by atoms with Crippen molar-refractivity contribution in [1.29, 1.82) is 0 Å². The fraction of sp³-hybridized carbons (Fsp3) is 0.714. The summed E-state index contributed by atoms with van der Waals surface area (Å²) in [5, 5.41) is 10.6. The number of likely N-dealkylation sites (N-methyl/N-ethyl adjacent to an activating group) is 1. The predicted molar refractivity (Wildman–Crippen MR) is 78.5 cm³/mol. The van der Waals surface area contributed by atoms with E-state index < -0.39 is 0 Å². The molecule has 6 heteroatoms. The Balaban J connectivity index is 1.88. The van der Waals surface area contributed by atoms with Crippen molar-refractivity contribution in [1.82, 2.24) is 25.3 Å². The Morgan fingerprint density at radius 3 is 3.05 bits per heavy atom. The second kappa shape index (κ2) is 6.85. The zero-order valence-electron chi connectivity index (χ0n) is 12.6. The molecule has 1 saturated heterocycles. The van der Waals surface area contributed by atoms with Crippen LogP contribution in [0.15, 0.2) is 12.4 Å². The first kappa shape index (κ1) is 15.0. The second-order valence-corrected chi connectivity index (χ2v) is 5.51. The molecule has 20 heavy (non-hydrogen) atoms. The fourth-order valence-corrected chi connectivity index (χ4v) is 2.60. The van der Waals surface area contributed by atoms with Crippen molar-refractivity contribution in [3.8, 4) is 0 Å². The van der Waals surface area contributed by atoms with Gasteiger partial charge in [-0.3, -0.25) is 9.48 Å². The first-order chi connectivity index (χ1) is 9.61. The van der Waals surface area contributed by atoms with Crippen LogP contribution in [-0.4, -0.2) is 60.4 Å². The van der Waals surface area contributed by atoms with Crippen LogP contribution in [0.1, 0.15) is 18.4 Å². The predicted octanol–water partition coefficient (Wildman–Crippen LogP) is -0.209. The Morgan fingerprint density at radius 1 is 1.60 bits per heavy atom. The number of carbonyl (C=O) groups excluding carboxylic acids is 1. The third kappa shape index (κ3) is 3.58. The Bertz CT molecular complexity index is 445. The highest BCUT2D eigenvalue weighted by molar-refractivity contribution is 5.80. The molecular weight excluding hydrogens is 254 g/mol. The minimum Gasteiger partial charge on any atom is -0.355 e. The summed E-state index contributed by atoms with van der Waals surface area (Å²) in [6.07, 6.45) is 3.87. The summed E-state index contributed by atoms with van der Waals surface area (Å²) in [5.74, 6) is 0.382. The number of rotatable bonds is 6. The van der Waals surface area contributed by atoms with Gasteiger partial charge < -0.3 is 15.5 Å². The molecule has 0 radical (unpaired) electrons. The van der Waals surface area contributed by atoms with Crippen molar-refractivity contribution < 1.29 is 4.79 Å². The van der Waals surface area contributed by atoms with Crippen LogP contribution in [-0.2, 0) is 11.8 Å². The Labute approximate surface area is 120 Å². The lowest BCUT2D eigenvalue weighted by Gasteiger charge is -2.19. The van der Waals surface area contributed by atoms with Gasteiger partial charge in [0.25, 0.3) is 0 Å². The van der Waals surface area contributed by atoms with Gasteiger partial charge in [-0.25, -0.2) is 0 Å². The summed E-state index contributed by atoms with van der Waals surface area (Å²) in [6, 6.07) is 0. The molecule has 1 aliphatic rings. The minimum absolute atomic E-state index is 0.00568. The van der Waals surface area contributed by atoms with Gasteiger partial charge in [-0.2, -0.15) is 5.10 Å². The summed E-state index contributed by atoms with van der Waals surface area (Å²) in [6.45, 7) is 6.30. The van der Waals surface area contributed by atoms with Crippen molar-refractivity contribution in [2.75, 3.05) is 39.8 Å². The van der Waals surface area contributed by atoms with Gasteiger partial charge in [-0.05, 0) is 19.2 Å². The van der Waals surface area contributed by atoms with Gasteiger partial charge in [0.2, 0.25) is 5.91 Å². The van der Waals surface area contributed by atoms with E-state index in [0.29, 0.717) is 6.54 Å². The van der Waals surface area contributed by atoms with Crippen LogP contribution >= 0.6 is 0 Å². The van der Waals surface area contributed by atoms with Gasteiger partial charge in [0.1, 0.15) is 0 Å². The topological polar surface area (TPSA) is 62.2 Å².